The van der Waals surface area contributed by atoms with E-state index in [4.69, 9.17) is 4.74 Å². The Morgan fingerprint density at radius 2 is 0.516 bits per heavy atom. The van der Waals surface area contributed by atoms with Gasteiger partial charge in [0.05, 0.1) is 25.4 Å². The van der Waals surface area contributed by atoms with Crippen LogP contribution in [-0.2, 0) is 14.3 Å². The normalized spacial score (nSPS) is 12.4. The second-order valence-corrected chi connectivity index (χ2v) is 29.5. The SMILES string of the molecule is CCCCCCCCC/C=C\CCCCCCCCCC(=O)OCCCCCCCCCCCCCCCCCCCCCCCCCCCCCCCCCCC(=O)NC(CO)C(O)CCCCCCCCCCCCCCCCCCCCCCCCCC. The quantitative estimate of drug-likeness (QED) is 0.0320. The molecule has 3 N–H and O–H groups in total. The van der Waals surface area contributed by atoms with E-state index in [0.29, 0.717) is 25.9 Å². The molecule has 2 atom stereocenters. The molecule has 2 unspecified atom stereocenters. The molecule has 0 bridgehead atoms. The fourth-order valence-corrected chi connectivity index (χ4v) is 13.9. The van der Waals surface area contributed by atoms with Gasteiger partial charge in [-0.1, -0.05) is 443 Å². The van der Waals surface area contributed by atoms with Crippen molar-refractivity contribution >= 4 is 11.9 Å². The van der Waals surface area contributed by atoms with Crippen LogP contribution in [0.15, 0.2) is 12.2 Å². The Labute approximate surface area is 571 Å². The lowest BCUT2D eigenvalue weighted by molar-refractivity contribution is -0.143. The first kappa shape index (κ1) is 89.6. The van der Waals surface area contributed by atoms with Gasteiger partial charge in [0.15, 0.2) is 0 Å². The van der Waals surface area contributed by atoms with Crippen molar-refractivity contribution in [3.8, 4) is 0 Å². The minimum atomic E-state index is -0.662. The number of carbonyl (C=O) groups is 2. The van der Waals surface area contributed by atoms with Crippen molar-refractivity contribution in [2.75, 3.05) is 13.2 Å². The third-order valence-electron chi connectivity index (χ3n) is 20.3. The van der Waals surface area contributed by atoms with E-state index in [1.165, 1.54) is 424 Å². The summed E-state index contributed by atoms with van der Waals surface area (Å²) in [6.07, 6.45) is 103. The smallest absolute Gasteiger partial charge is 0.305 e. The third kappa shape index (κ3) is 77.5. The van der Waals surface area contributed by atoms with Gasteiger partial charge in [0.1, 0.15) is 0 Å². The number of esters is 1. The zero-order valence-electron chi connectivity index (χ0n) is 62.4. The van der Waals surface area contributed by atoms with Crippen molar-refractivity contribution in [1.82, 2.24) is 5.32 Å². The highest BCUT2D eigenvalue weighted by molar-refractivity contribution is 5.76. The topological polar surface area (TPSA) is 95.9 Å². The lowest BCUT2D eigenvalue weighted by atomic mass is 10.0. The zero-order valence-corrected chi connectivity index (χ0v) is 62.4. The van der Waals surface area contributed by atoms with Gasteiger partial charge in [0.2, 0.25) is 5.91 Å². The number of rotatable bonds is 81. The van der Waals surface area contributed by atoms with Crippen molar-refractivity contribution in [1.29, 1.82) is 0 Å². The molecule has 6 nitrogen and oxygen atoms in total. The van der Waals surface area contributed by atoms with Gasteiger partial charge in [-0.2, -0.15) is 0 Å². The number of hydrogen-bond donors (Lipinski definition) is 3. The van der Waals surface area contributed by atoms with E-state index < -0.39 is 12.1 Å². The van der Waals surface area contributed by atoms with Crippen LogP contribution >= 0.6 is 0 Å². The van der Waals surface area contributed by atoms with Gasteiger partial charge < -0.3 is 20.3 Å². The molecule has 0 aromatic heterocycles. The van der Waals surface area contributed by atoms with Crippen molar-refractivity contribution < 1.29 is 24.5 Å². The molecule has 0 rings (SSSR count). The van der Waals surface area contributed by atoms with E-state index >= 15 is 0 Å². The van der Waals surface area contributed by atoms with E-state index in [-0.39, 0.29) is 18.5 Å². The first-order valence-electron chi connectivity index (χ1n) is 42.4. The number of hydrogen-bond acceptors (Lipinski definition) is 5. The summed E-state index contributed by atoms with van der Waals surface area (Å²) in [7, 11) is 0. The summed E-state index contributed by atoms with van der Waals surface area (Å²) in [5.74, 6) is -0.00402. The molecular formula is C85H167NO5. The molecule has 0 heterocycles. The first-order chi connectivity index (χ1) is 45.0. The molecule has 0 spiro atoms. The summed E-state index contributed by atoms with van der Waals surface area (Å²) in [5, 5.41) is 23.5. The van der Waals surface area contributed by atoms with Gasteiger partial charge in [-0.25, -0.2) is 0 Å². The van der Waals surface area contributed by atoms with Crippen LogP contribution in [0.2, 0.25) is 0 Å². The van der Waals surface area contributed by atoms with Gasteiger partial charge in [0.25, 0.3) is 0 Å². The summed E-state index contributed by atoms with van der Waals surface area (Å²) < 4.78 is 5.52. The van der Waals surface area contributed by atoms with Crippen LogP contribution in [0.25, 0.3) is 0 Å². The molecule has 6 heteroatoms. The van der Waals surface area contributed by atoms with Crippen molar-refractivity contribution in [3.05, 3.63) is 12.2 Å². The van der Waals surface area contributed by atoms with E-state index in [0.717, 1.165) is 38.5 Å². The lowest BCUT2D eigenvalue weighted by Gasteiger charge is -2.22. The Hall–Kier alpha value is -1.40. The Kier molecular flexibility index (Phi) is 79.8. The van der Waals surface area contributed by atoms with Crippen LogP contribution < -0.4 is 5.32 Å². The van der Waals surface area contributed by atoms with Crippen LogP contribution in [0.1, 0.15) is 495 Å². The average Bonchev–Trinajstić information content (AvgIpc) is 3.66. The molecule has 542 valence electrons. The Bertz CT molecular complexity index is 1380. The van der Waals surface area contributed by atoms with Gasteiger partial charge in [-0.15, -0.1) is 0 Å². The van der Waals surface area contributed by atoms with E-state index in [2.05, 4.69) is 31.3 Å². The van der Waals surface area contributed by atoms with Crippen LogP contribution in [0.4, 0.5) is 0 Å². The largest absolute Gasteiger partial charge is 0.466 e. The minimum Gasteiger partial charge on any atom is -0.466 e. The molecule has 0 radical (unpaired) electrons. The first-order valence-corrected chi connectivity index (χ1v) is 42.4. The van der Waals surface area contributed by atoms with Crippen molar-refractivity contribution in [2.45, 2.75) is 508 Å². The predicted molar refractivity (Wildman–Crippen MR) is 403 cm³/mol. The van der Waals surface area contributed by atoms with Gasteiger partial charge in [0, 0.05) is 12.8 Å². The van der Waals surface area contributed by atoms with Crippen molar-refractivity contribution in [2.24, 2.45) is 0 Å². The Balaban J connectivity index is 3.32. The number of allylic oxidation sites excluding steroid dienone is 2. The summed E-state index contributed by atoms with van der Waals surface area (Å²) >= 11 is 0. The predicted octanol–water partition coefficient (Wildman–Crippen LogP) is 28.2. The Morgan fingerprint density at radius 1 is 0.297 bits per heavy atom. The lowest BCUT2D eigenvalue weighted by Crippen LogP contribution is -2.45. The summed E-state index contributed by atoms with van der Waals surface area (Å²) in [6, 6.07) is -0.539. The zero-order chi connectivity index (χ0) is 65.6. The second kappa shape index (κ2) is 81.0. The molecule has 0 saturated heterocycles. The summed E-state index contributed by atoms with van der Waals surface area (Å²) in [4.78, 5) is 24.7. The maximum atomic E-state index is 12.6. The van der Waals surface area contributed by atoms with Gasteiger partial charge >= 0.3 is 5.97 Å². The number of amides is 1. The van der Waals surface area contributed by atoms with E-state index in [1.54, 1.807) is 0 Å². The molecule has 0 saturated carbocycles. The number of aliphatic hydroxyl groups excluding tert-OH is 2. The fraction of sp³-hybridized carbons (Fsp3) is 0.953. The number of unbranched alkanes of at least 4 members (excludes halogenated alkanes) is 68. The number of ether oxygens (including phenoxy) is 1. The summed E-state index contributed by atoms with van der Waals surface area (Å²) in [6.45, 7) is 5.02. The van der Waals surface area contributed by atoms with E-state index in [1.807, 2.05) is 0 Å². The average molecular weight is 1280 g/mol. The third-order valence-corrected chi connectivity index (χ3v) is 20.3. The maximum absolute atomic E-state index is 12.6. The van der Waals surface area contributed by atoms with Crippen LogP contribution in [-0.4, -0.2) is 47.4 Å². The molecule has 1 amide bonds. The highest BCUT2D eigenvalue weighted by Crippen LogP contribution is 2.21. The molecule has 0 aromatic rings. The van der Waals surface area contributed by atoms with Crippen LogP contribution in [0, 0.1) is 0 Å². The maximum Gasteiger partial charge on any atom is 0.305 e. The Morgan fingerprint density at radius 3 is 0.780 bits per heavy atom. The standard InChI is InChI=1S/C85H167NO5/c1-3-5-7-9-11-13-15-17-19-21-23-24-25-36-39-42-45-49-53-57-61-65-69-73-77-83(88)82(81-87)86-84(89)78-74-70-66-62-58-54-50-46-43-40-37-34-32-30-28-26-27-29-31-33-35-38-41-44-48-52-56-60-64-68-72-76-80-91-85(90)79-75-71-67-63-59-55-51-47-22-20-18-16-14-12-10-8-6-4-2/h20,22,82-83,87-88H,3-19,21,23-81H2,1-2H3,(H,86,89)/b22-20-. The highest BCUT2D eigenvalue weighted by Gasteiger charge is 2.20. The number of aliphatic hydroxyl groups is 2. The highest BCUT2D eigenvalue weighted by atomic mass is 16.5. The number of nitrogens with one attached hydrogen (secondary N) is 1. The summed E-state index contributed by atoms with van der Waals surface area (Å²) in [5.41, 5.74) is 0. The molecule has 0 aliphatic rings. The van der Waals surface area contributed by atoms with Gasteiger partial charge in [-0.3, -0.25) is 9.59 Å². The van der Waals surface area contributed by atoms with Crippen molar-refractivity contribution in [3.63, 3.8) is 0 Å². The fourth-order valence-electron chi connectivity index (χ4n) is 13.9. The molecule has 0 aliphatic carbocycles. The number of carbonyl (C=O) groups excluding carboxylic acids is 2. The molecular weight excluding hydrogens is 1110 g/mol. The van der Waals surface area contributed by atoms with Gasteiger partial charge in [-0.05, 0) is 51.4 Å². The van der Waals surface area contributed by atoms with E-state index in [9.17, 15) is 19.8 Å². The van der Waals surface area contributed by atoms with Crippen LogP contribution in [0.3, 0.4) is 0 Å². The molecule has 91 heavy (non-hydrogen) atoms. The monoisotopic (exact) mass is 1280 g/mol. The van der Waals surface area contributed by atoms with Crippen LogP contribution in [0.5, 0.6) is 0 Å². The molecule has 0 aromatic carbocycles. The molecule has 0 aliphatic heterocycles. The minimum absolute atomic E-state index is 0.0199. The second-order valence-electron chi connectivity index (χ2n) is 29.5. The molecule has 0 fully saturated rings.